The van der Waals surface area contributed by atoms with Gasteiger partial charge in [-0.3, -0.25) is 0 Å². The van der Waals surface area contributed by atoms with E-state index in [1.165, 1.54) is 11.1 Å². The van der Waals surface area contributed by atoms with E-state index in [1.54, 1.807) is 14.2 Å². The first-order chi connectivity index (χ1) is 8.52. The zero-order valence-electron chi connectivity index (χ0n) is 12.2. The molecule has 1 unspecified atom stereocenters. The third kappa shape index (κ3) is 2.78. The Morgan fingerprint density at radius 1 is 1.22 bits per heavy atom. The highest BCUT2D eigenvalue weighted by atomic mass is 16.5. The molecule has 18 heavy (non-hydrogen) atoms. The van der Waals surface area contributed by atoms with E-state index in [9.17, 15) is 0 Å². The summed E-state index contributed by atoms with van der Waals surface area (Å²) in [4.78, 5) is 0. The summed E-state index contributed by atoms with van der Waals surface area (Å²) in [6.07, 6.45) is 2.15. The molecule has 1 rings (SSSR count). The number of nitrogens with two attached hydrogens (primary N) is 1. The molecule has 0 bridgehead atoms. The molecule has 0 heterocycles. The van der Waals surface area contributed by atoms with Gasteiger partial charge in [0.15, 0.2) is 0 Å². The maximum Gasteiger partial charge on any atom is 0.126 e. The number of hydrogen-bond acceptors (Lipinski definition) is 3. The van der Waals surface area contributed by atoms with E-state index in [1.807, 2.05) is 12.1 Å². The van der Waals surface area contributed by atoms with Gasteiger partial charge >= 0.3 is 0 Å². The molecular weight excluding hydrogens is 226 g/mol. The summed E-state index contributed by atoms with van der Waals surface area (Å²) in [6, 6.07) is 3.98. The zero-order chi connectivity index (χ0) is 13.8. The van der Waals surface area contributed by atoms with E-state index in [2.05, 4.69) is 20.8 Å². The van der Waals surface area contributed by atoms with Crippen molar-refractivity contribution in [3.8, 4) is 11.5 Å². The van der Waals surface area contributed by atoms with Crippen LogP contribution in [0.1, 0.15) is 37.8 Å². The summed E-state index contributed by atoms with van der Waals surface area (Å²) < 4.78 is 10.8. The summed E-state index contributed by atoms with van der Waals surface area (Å²) >= 11 is 0. The van der Waals surface area contributed by atoms with Crippen molar-refractivity contribution >= 4 is 0 Å². The normalized spacial score (nSPS) is 14.1. The van der Waals surface area contributed by atoms with E-state index in [0.717, 1.165) is 24.3 Å². The van der Waals surface area contributed by atoms with Crippen molar-refractivity contribution < 1.29 is 9.47 Å². The van der Waals surface area contributed by atoms with Crippen LogP contribution in [0, 0.1) is 6.92 Å². The molecule has 3 heteroatoms. The van der Waals surface area contributed by atoms with Crippen molar-refractivity contribution in [1.29, 1.82) is 0 Å². The maximum atomic E-state index is 6.00. The zero-order valence-corrected chi connectivity index (χ0v) is 12.2. The SMILES string of the molecule is CCCC(C)(CN)c1c(C)cc(OC)cc1OC. The Bertz CT molecular complexity index is 404. The van der Waals surface area contributed by atoms with E-state index in [4.69, 9.17) is 15.2 Å². The number of rotatable bonds is 6. The third-order valence-electron chi connectivity index (χ3n) is 3.58. The highest BCUT2D eigenvalue weighted by Gasteiger charge is 2.29. The van der Waals surface area contributed by atoms with Crippen molar-refractivity contribution in [3.05, 3.63) is 23.3 Å². The van der Waals surface area contributed by atoms with Gasteiger partial charge in [0.05, 0.1) is 14.2 Å². The molecule has 1 aromatic rings. The molecule has 1 atom stereocenters. The van der Waals surface area contributed by atoms with Crippen LogP contribution in [-0.4, -0.2) is 20.8 Å². The second-order valence-corrected chi connectivity index (χ2v) is 5.04. The summed E-state index contributed by atoms with van der Waals surface area (Å²) in [7, 11) is 3.36. The van der Waals surface area contributed by atoms with E-state index in [-0.39, 0.29) is 5.41 Å². The van der Waals surface area contributed by atoms with Crippen molar-refractivity contribution in [2.24, 2.45) is 5.73 Å². The number of aryl methyl sites for hydroxylation is 1. The summed E-state index contributed by atoms with van der Waals surface area (Å²) in [5.74, 6) is 1.69. The van der Waals surface area contributed by atoms with Gasteiger partial charge in [-0.25, -0.2) is 0 Å². The highest BCUT2D eigenvalue weighted by molar-refractivity contribution is 5.50. The topological polar surface area (TPSA) is 44.5 Å². The highest BCUT2D eigenvalue weighted by Crippen LogP contribution is 2.39. The standard InChI is InChI=1S/C15H25NO2/c1-6-7-15(3,10-16)14-11(2)8-12(17-4)9-13(14)18-5/h8-9H,6-7,10,16H2,1-5H3. The third-order valence-corrected chi connectivity index (χ3v) is 3.58. The fraction of sp³-hybridized carbons (Fsp3) is 0.600. The first-order valence-corrected chi connectivity index (χ1v) is 6.45. The molecule has 0 fully saturated rings. The monoisotopic (exact) mass is 251 g/mol. The predicted molar refractivity (Wildman–Crippen MR) is 75.6 cm³/mol. The van der Waals surface area contributed by atoms with Crippen LogP contribution in [0.2, 0.25) is 0 Å². The average molecular weight is 251 g/mol. The number of methoxy groups -OCH3 is 2. The molecule has 1 aromatic carbocycles. The fourth-order valence-electron chi connectivity index (χ4n) is 2.66. The Balaban J connectivity index is 3.37. The van der Waals surface area contributed by atoms with Crippen molar-refractivity contribution in [3.63, 3.8) is 0 Å². The maximum absolute atomic E-state index is 6.00. The molecule has 3 nitrogen and oxygen atoms in total. The van der Waals surface area contributed by atoms with Gasteiger partial charge in [0, 0.05) is 23.6 Å². The molecule has 0 aliphatic carbocycles. The Kier molecular flexibility index (Phi) is 5.03. The molecule has 0 aromatic heterocycles. The Labute approximate surface area is 110 Å². The molecule has 0 radical (unpaired) electrons. The lowest BCUT2D eigenvalue weighted by molar-refractivity contribution is 0.365. The minimum atomic E-state index is -0.0452. The summed E-state index contributed by atoms with van der Waals surface area (Å²) in [5, 5.41) is 0. The van der Waals surface area contributed by atoms with Gasteiger partial charge < -0.3 is 15.2 Å². The van der Waals surface area contributed by atoms with Crippen LogP contribution in [0.3, 0.4) is 0 Å². The van der Waals surface area contributed by atoms with E-state index in [0.29, 0.717) is 6.54 Å². The van der Waals surface area contributed by atoms with Gasteiger partial charge in [0.1, 0.15) is 11.5 Å². The van der Waals surface area contributed by atoms with Crippen molar-refractivity contribution in [1.82, 2.24) is 0 Å². The lowest BCUT2D eigenvalue weighted by Crippen LogP contribution is -2.33. The van der Waals surface area contributed by atoms with Crippen LogP contribution >= 0.6 is 0 Å². The van der Waals surface area contributed by atoms with Gasteiger partial charge in [0.25, 0.3) is 0 Å². The Hall–Kier alpha value is -1.22. The lowest BCUT2D eigenvalue weighted by atomic mass is 9.76. The van der Waals surface area contributed by atoms with Crippen LogP contribution in [0.15, 0.2) is 12.1 Å². The molecule has 0 amide bonds. The van der Waals surface area contributed by atoms with E-state index >= 15 is 0 Å². The first-order valence-electron chi connectivity index (χ1n) is 6.45. The molecule has 0 spiro atoms. The van der Waals surface area contributed by atoms with Gasteiger partial charge in [-0.15, -0.1) is 0 Å². The predicted octanol–water partition coefficient (Wildman–Crippen LogP) is 3.03. The Morgan fingerprint density at radius 2 is 1.89 bits per heavy atom. The molecular formula is C15H25NO2. The number of benzene rings is 1. The molecule has 0 saturated heterocycles. The van der Waals surface area contributed by atoms with Crippen LogP contribution in [-0.2, 0) is 5.41 Å². The fourth-order valence-corrected chi connectivity index (χ4v) is 2.66. The summed E-state index contributed by atoms with van der Waals surface area (Å²) in [5.41, 5.74) is 8.33. The van der Waals surface area contributed by atoms with Crippen molar-refractivity contribution in [2.45, 2.75) is 39.0 Å². The Morgan fingerprint density at radius 3 is 2.33 bits per heavy atom. The smallest absolute Gasteiger partial charge is 0.126 e. The molecule has 2 N–H and O–H groups in total. The van der Waals surface area contributed by atoms with Gasteiger partial charge in [0.2, 0.25) is 0 Å². The first kappa shape index (κ1) is 14.8. The average Bonchev–Trinajstić information content (AvgIpc) is 2.37. The minimum Gasteiger partial charge on any atom is -0.497 e. The molecule has 0 saturated carbocycles. The molecule has 0 aliphatic heterocycles. The van der Waals surface area contributed by atoms with Gasteiger partial charge in [-0.05, 0) is 25.0 Å². The van der Waals surface area contributed by atoms with Crippen molar-refractivity contribution in [2.75, 3.05) is 20.8 Å². The van der Waals surface area contributed by atoms with Crippen LogP contribution in [0.4, 0.5) is 0 Å². The van der Waals surface area contributed by atoms with Crippen LogP contribution < -0.4 is 15.2 Å². The molecule has 102 valence electrons. The second-order valence-electron chi connectivity index (χ2n) is 5.04. The summed E-state index contributed by atoms with van der Waals surface area (Å²) in [6.45, 7) is 7.08. The number of hydrogen-bond donors (Lipinski definition) is 1. The number of ether oxygens (including phenoxy) is 2. The van der Waals surface area contributed by atoms with Crippen LogP contribution in [0.25, 0.3) is 0 Å². The van der Waals surface area contributed by atoms with Gasteiger partial charge in [-0.2, -0.15) is 0 Å². The van der Waals surface area contributed by atoms with Crippen LogP contribution in [0.5, 0.6) is 11.5 Å². The lowest BCUT2D eigenvalue weighted by Gasteiger charge is -2.31. The quantitative estimate of drug-likeness (QED) is 0.845. The van der Waals surface area contributed by atoms with Gasteiger partial charge in [-0.1, -0.05) is 20.3 Å². The molecule has 0 aliphatic rings. The minimum absolute atomic E-state index is 0.0452. The largest absolute Gasteiger partial charge is 0.497 e. The second kappa shape index (κ2) is 6.10. The van der Waals surface area contributed by atoms with E-state index < -0.39 is 0 Å².